The molecule has 0 unspecified atom stereocenters. The highest BCUT2D eigenvalue weighted by Crippen LogP contribution is 2.21. The van der Waals surface area contributed by atoms with Gasteiger partial charge in [0, 0.05) is 5.56 Å². The Morgan fingerprint density at radius 3 is 1.95 bits per heavy atom. The lowest BCUT2D eigenvalue weighted by atomic mass is 10.0. The zero-order valence-electron chi connectivity index (χ0n) is 11.1. The molecule has 0 saturated carbocycles. The summed E-state index contributed by atoms with van der Waals surface area (Å²) in [5.41, 5.74) is 3.00. The molecule has 0 amide bonds. The van der Waals surface area contributed by atoms with E-state index in [2.05, 4.69) is 25.1 Å². The van der Waals surface area contributed by atoms with Crippen molar-refractivity contribution >= 4 is 11.3 Å². The van der Waals surface area contributed by atoms with Gasteiger partial charge in [0.1, 0.15) is 5.76 Å². The van der Waals surface area contributed by atoms with Crippen molar-refractivity contribution in [2.24, 2.45) is 0 Å². The maximum absolute atomic E-state index is 10.2. The van der Waals surface area contributed by atoms with Gasteiger partial charge in [-0.3, -0.25) is 0 Å². The summed E-state index contributed by atoms with van der Waals surface area (Å²) >= 11 is 0. The zero-order valence-corrected chi connectivity index (χ0v) is 11.1. The fourth-order valence-electron chi connectivity index (χ4n) is 1.95. The van der Waals surface area contributed by atoms with Crippen molar-refractivity contribution in [3.8, 4) is 0 Å². The minimum absolute atomic E-state index is 0.296. The summed E-state index contributed by atoms with van der Waals surface area (Å²) < 4.78 is 0. The largest absolute Gasteiger partial charge is 0.507 e. The first-order chi connectivity index (χ1) is 9.31. The van der Waals surface area contributed by atoms with E-state index in [4.69, 9.17) is 0 Å². The van der Waals surface area contributed by atoms with Crippen molar-refractivity contribution in [1.29, 1.82) is 0 Å². The maximum atomic E-state index is 10.2. The molecule has 0 aliphatic heterocycles. The Morgan fingerprint density at radius 1 is 0.895 bits per heavy atom. The molecular weight excluding hydrogens is 232 g/mol. The second-order valence-corrected chi connectivity index (χ2v) is 4.33. The molecule has 0 heterocycles. The lowest BCUT2D eigenvalue weighted by Crippen LogP contribution is -1.86. The van der Waals surface area contributed by atoms with Crippen LogP contribution in [0.4, 0.5) is 0 Å². The molecule has 0 aliphatic rings. The highest BCUT2D eigenvalue weighted by molar-refractivity contribution is 5.81. The van der Waals surface area contributed by atoms with Gasteiger partial charge in [-0.05, 0) is 23.6 Å². The molecule has 0 radical (unpaired) electrons. The number of allylic oxidation sites excluding steroid dienone is 3. The van der Waals surface area contributed by atoms with Crippen molar-refractivity contribution in [2.75, 3.05) is 0 Å². The van der Waals surface area contributed by atoms with Gasteiger partial charge in [0.05, 0.1) is 0 Å². The Bertz CT molecular complexity index is 565. The van der Waals surface area contributed by atoms with E-state index < -0.39 is 0 Å². The van der Waals surface area contributed by atoms with E-state index in [1.165, 1.54) is 0 Å². The number of aliphatic hydroxyl groups excluding tert-OH is 1. The smallest absolute Gasteiger partial charge is 0.123 e. The topological polar surface area (TPSA) is 20.2 Å². The van der Waals surface area contributed by atoms with Crippen LogP contribution in [0.15, 0.2) is 72.8 Å². The molecule has 0 spiro atoms. The fraction of sp³-hybridized carbons (Fsp3) is 0.111. The number of rotatable bonds is 4. The van der Waals surface area contributed by atoms with Gasteiger partial charge >= 0.3 is 0 Å². The lowest BCUT2D eigenvalue weighted by molar-refractivity contribution is 0.512. The predicted molar refractivity (Wildman–Crippen MR) is 81.8 cm³/mol. The van der Waals surface area contributed by atoms with Crippen molar-refractivity contribution in [3.05, 3.63) is 83.9 Å². The van der Waals surface area contributed by atoms with Crippen LogP contribution in [-0.2, 0) is 0 Å². The fourth-order valence-corrected chi connectivity index (χ4v) is 1.95. The quantitative estimate of drug-likeness (QED) is 0.592. The molecule has 2 aromatic carbocycles. The third-order valence-electron chi connectivity index (χ3n) is 2.89. The van der Waals surface area contributed by atoms with E-state index in [-0.39, 0.29) is 0 Å². The van der Waals surface area contributed by atoms with Gasteiger partial charge in [-0.2, -0.15) is 0 Å². The normalized spacial score (nSPS) is 12.5. The van der Waals surface area contributed by atoms with Crippen LogP contribution in [-0.4, -0.2) is 5.11 Å². The van der Waals surface area contributed by atoms with Gasteiger partial charge in [0.15, 0.2) is 0 Å². The molecule has 2 aromatic rings. The number of benzene rings is 2. The van der Waals surface area contributed by atoms with Crippen molar-refractivity contribution in [2.45, 2.75) is 13.3 Å². The van der Waals surface area contributed by atoms with E-state index in [0.29, 0.717) is 5.76 Å². The molecule has 1 heteroatoms. The molecule has 0 aromatic heterocycles. The number of aliphatic hydroxyl groups is 1. The molecule has 0 saturated heterocycles. The third kappa shape index (κ3) is 3.59. The number of hydrogen-bond acceptors (Lipinski definition) is 1. The maximum Gasteiger partial charge on any atom is 0.123 e. The van der Waals surface area contributed by atoms with Crippen molar-refractivity contribution in [1.82, 2.24) is 0 Å². The van der Waals surface area contributed by atoms with Crippen LogP contribution in [0, 0.1) is 0 Å². The summed E-state index contributed by atoms with van der Waals surface area (Å²) in [7, 11) is 0. The van der Waals surface area contributed by atoms with Crippen LogP contribution in [0.25, 0.3) is 11.3 Å². The Hall–Kier alpha value is -2.28. The highest BCUT2D eigenvalue weighted by Gasteiger charge is 2.02. The second-order valence-electron chi connectivity index (χ2n) is 4.33. The Labute approximate surface area is 114 Å². The van der Waals surface area contributed by atoms with Crippen molar-refractivity contribution < 1.29 is 5.11 Å². The molecular formula is C18H18O. The van der Waals surface area contributed by atoms with E-state index >= 15 is 0 Å². The minimum atomic E-state index is 0.296. The summed E-state index contributed by atoms with van der Waals surface area (Å²) in [5, 5.41) is 10.2. The molecule has 2 rings (SSSR count). The minimum Gasteiger partial charge on any atom is -0.507 e. The van der Waals surface area contributed by atoms with Crippen LogP contribution >= 0.6 is 0 Å². The summed E-state index contributed by atoms with van der Waals surface area (Å²) in [4.78, 5) is 0. The van der Waals surface area contributed by atoms with Gasteiger partial charge in [-0.15, -0.1) is 0 Å². The average molecular weight is 250 g/mol. The Morgan fingerprint density at radius 2 is 1.42 bits per heavy atom. The zero-order chi connectivity index (χ0) is 13.5. The van der Waals surface area contributed by atoms with Crippen molar-refractivity contribution in [3.63, 3.8) is 0 Å². The van der Waals surface area contributed by atoms with Crippen LogP contribution in [0.3, 0.4) is 0 Å². The van der Waals surface area contributed by atoms with Crippen LogP contribution in [0.2, 0.25) is 0 Å². The number of hydrogen-bond donors (Lipinski definition) is 1. The second kappa shape index (κ2) is 6.60. The van der Waals surface area contributed by atoms with Gasteiger partial charge in [-0.25, -0.2) is 0 Å². The summed E-state index contributed by atoms with van der Waals surface area (Å²) in [6, 6.07) is 19.7. The van der Waals surface area contributed by atoms with Gasteiger partial charge in [0.25, 0.3) is 0 Å². The monoisotopic (exact) mass is 250 g/mol. The molecule has 1 nitrogen and oxygen atoms in total. The average Bonchev–Trinajstić information content (AvgIpc) is 2.48. The first kappa shape index (κ1) is 13.2. The molecule has 0 aliphatic carbocycles. The van der Waals surface area contributed by atoms with Crippen LogP contribution < -0.4 is 0 Å². The summed E-state index contributed by atoms with van der Waals surface area (Å²) in [6.45, 7) is 2.09. The molecule has 0 fully saturated rings. The Balaban J connectivity index is 2.35. The molecule has 0 atom stereocenters. The van der Waals surface area contributed by atoms with Crippen LogP contribution in [0.1, 0.15) is 24.5 Å². The first-order valence-electron chi connectivity index (χ1n) is 6.53. The van der Waals surface area contributed by atoms with Gasteiger partial charge < -0.3 is 5.11 Å². The Kier molecular flexibility index (Phi) is 4.57. The van der Waals surface area contributed by atoms with E-state index in [0.717, 1.165) is 23.1 Å². The highest BCUT2D eigenvalue weighted by atomic mass is 16.3. The summed E-state index contributed by atoms with van der Waals surface area (Å²) in [5.74, 6) is 0.296. The molecule has 19 heavy (non-hydrogen) atoms. The van der Waals surface area contributed by atoms with Gasteiger partial charge in [-0.1, -0.05) is 73.7 Å². The standard InChI is InChI=1S/C18H18O/c1-2-9-17(15-10-5-3-6-11-15)14-18(19)16-12-7-4-8-13-16/h3-14,19H,2H2,1H3/b17-9+,18-14-. The SMILES string of the molecule is CC/C=C(\C=C(/O)c1ccccc1)c1ccccc1. The van der Waals surface area contributed by atoms with E-state index in [1.807, 2.05) is 54.6 Å². The molecule has 96 valence electrons. The third-order valence-corrected chi connectivity index (χ3v) is 2.89. The van der Waals surface area contributed by atoms with E-state index in [1.54, 1.807) is 0 Å². The molecule has 1 N–H and O–H groups in total. The van der Waals surface area contributed by atoms with Gasteiger partial charge in [0.2, 0.25) is 0 Å². The van der Waals surface area contributed by atoms with E-state index in [9.17, 15) is 5.11 Å². The summed E-state index contributed by atoms with van der Waals surface area (Å²) in [6.07, 6.45) is 4.88. The predicted octanol–water partition coefficient (Wildman–Crippen LogP) is 5.08. The lowest BCUT2D eigenvalue weighted by Gasteiger charge is -2.05. The molecule has 0 bridgehead atoms. The van der Waals surface area contributed by atoms with Crippen LogP contribution in [0.5, 0.6) is 0 Å². The first-order valence-corrected chi connectivity index (χ1v) is 6.53.